The van der Waals surface area contributed by atoms with Gasteiger partial charge < -0.3 is 5.73 Å². The minimum Gasteiger partial charge on any atom is -0.392 e. The molecule has 0 spiro atoms. The van der Waals surface area contributed by atoms with Gasteiger partial charge in [0.2, 0.25) is 0 Å². The third-order valence-electron chi connectivity index (χ3n) is 3.77. The highest BCUT2D eigenvalue weighted by molar-refractivity contribution is 9.10. The van der Waals surface area contributed by atoms with Crippen molar-refractivity contribution in [3.8, 4) is 0 Å². The lowest BCUT2D eigenvalue weighted by Crippen LogP contribution is -2.52. The second-order valence-electron chi connectivity index (χ2n) is 5.13. The van der Waals surface area contributed by atoms with Gasteiger partial charge in [0, 0.05) is 42.8 Å². The van der Waals surface area contributed by atoms with E-state index in [2.05, 4.69) is 25.7 Å². The fourth-order valence-electron chi connectivity index (χ4n) is 2.39. The molecule has 1 aliphatic heterocycles. The van der Waals surface area contributed by atoms with Crippen LogP contribution in [0.1, 0.15) is 12.5 Å². The first-order valence-corrected chi connectivity index (χ1v) is 7.87. The molecule has 1 aromatic rings. The molecule has 1 unspecified atom stereocenters. The second-order valence-corrected chi connectivity index (χ2v) is 6.51. The molecule has 0 aliphatic carbocycles. The van der Waals surface area contributed by atoms with Crippen LogP contribution in [0.3, 0.4) is 0 Å². The van der Waals surface area contributed by atoms with Gasteiger partial charge in [-0.3, -0.25) is 9.80 Å². The van der Waals surface area contributed by atoms with Crippen LogP contribution < -0.4 is 5.73 Å². The van der Waals surface area contributed by atoms with Crippen LogP contribution in [0.2, 0.25) is 0 Å². The summed E-state index contributed by atoms with van der Waals surface area (Å²) in [5.74, 6) is -0.146. The van der Waals surface area contributed by atoms with Gasteiger partial charge in [0.1, 0.15) is 5.82 Å². The summed E-state index contributed by atoms with van der Waals surface area (Å²) in [5.41, 5.74) is 6.41. The number of hydrogen-bond donors (Lipinski definition) is 1. The number of piperazine rings is 1. The Morgan fingerprint density at radius 3 is 2.65 bits per heavy atom. The summed E-state index contributed by atoms with van der Waals surface area (Å²) in [7, 11) is 0. The summed E-state index contributed by atoms with van der Waals surface area (Å²) in [6.45, 7) is 6.30. The van der Waals surface area contributed by atoms with Crippen LogP contribution in [-0.2, 0) is 6.54 Å². The van der Waals surface area contributed by atoms with E-state index in [0.717, 1.165) is 36.2 Å². The van der Waals surface area contributed by atoms with Crippen LogP contribution in [0.4, 0.5) is 4.39 Å². The molecule has 0 aromatic heterocycles. The molecule has 2 N–H and O–H groups in total. The molecule has 6 heteroatoms. The molecule has 1 aromatic carbocycles. The predicted octanol–water partition coefficient (Wildman–Crippen LogP) is 2.38. The van der Waals surface area contributed by atoms with Crippen molar-refractivity contribution < 1.29 is 4.39 Å². The SMILES string of the molecule is CC(C(N)=S)N1CCN(Cc2cc(Br)ccc2F)CC1. The van der Waals surface area contributed by atoms with E-state index < -0.39 is 0 Å². The van der Waals surface area contributed by atoms with Gasteiger partial charge in [-0.1, -0.05) is 28.1 Å². The quantitative estimate of drug-likeness (QED) is 0.836. The number of nitrogens with zero attached hydrogens (tertiary/aromatic N) is 2. The van der Waals surface area contributed by atoms with Gasteiger partial charge in [0.05, 0.1) is 11.0 Å². The van der Waals surface area contributed by atoms with Crippen molar-refractivity contribution >= 4 is 33.1 Å². The van der Waals surface area contributed by atoms with Crippen LogP contribution >= 0.6 is 28.1 Å². The van der Waals surface area contributed by atoms with E-state index in [9.17, 15) is 4.39 Å². The third kappa shape index (κ3) is 3.97. The standard InChI is InChI=1S/C14H19BrFN3S/c1-10(14(17)20)19-6-4-18(5-7-19)9-11-8-12(15)2-3-13(11)16/h2-3,8,10H,4-7,9H2,1H3,(H2,17,20). The van der Waals surface area contributed by atoms with E-state index in [1.807, 2.05) is 13.0 Å². The summed E-state index contributed by atoms with van der Waals surface area (Å²) < 4.78 is 14.7. The number of thiocarbonyl (C=S) groups is 1. The van der Waals surface area contributed by atoms with Crippen molar-refractivity contribution in [2.45, 2.75) is 19.5 Å². The van der Waals surface area contributed by atoms with Gasteiger partial charge in [0.15, 0.2) is 0 Å². The smallest absolute Gasteiger partial charge is 0.127 e. The molecule has 110 valence electrons. The van der Waals surface area contributed by atoms with Crippen molar-refractivity contribution in [2.75, 3.05) is 26.2 Å². The molecule has 3 nitrogen and oxygen atoms in total. The number of halogens is 2. The minimum atomic E-state index is -0.146. The van der Waals surface area contributed by atoms with E-state index >= 15 is 0 Å². The van der Waals surface area contributed by atoms with E-state index in [-0.39, 0.29) is 11.9 Å². The Kier molecular flexibility index (Phi) is 5.49. The highest BCUT2D eigenvalue weighted by atomic mass is 79.9. The normalized spacial score (nSPS) is 18.9. The average Bonchev–Trinajstić information content (AvgIpc) is 2.43. The van der Waals surface area contributed by atoms with Crippen molar-refractivity contribution in [3.63, 3.8) is 0 Å². The zero-order chi connectivity index (χ0) is 14.7. The Labute approximate surface area is 133 Å². The van der Waals surface area contributed by atoms with Gasteiger partial charge in [-0.05, 0) is 25.1 Å². The van der Waals surface area contributed by atoms with Gasteiger partial charge in [-0.2, -0.15) is 0 Å². The van der Waals surface area contributed by atoms with Gasteiger partial charge in [0.25, 0.3) is 0 Å². The first kappa shape index (κ1) is 15.8. The summed E-state index contributed by atoms with van der Waals surface area (Å²) in [4.78, 5) is 5.07. The van der Waals surface area contributed by atoms with Crippen LogP contribution in [0.15, 0.2) is 22.7 Å². The number of nitrogens with two attached hydrogens (primary N) is 1. The summed E-state index contributed by atoms with van der Waals surface area (Å²) in [5, 5.41) is 0. The Bertz CT molecular complexity index is 489. The molecule has 2 rings (SSSR count). The molecular weight excluding hydrogens is 341 g/mol. The molecule has 0 radical (unpaired) electrons. The number of rotatable bonds is 4. The zero-order valence-electron chi connectivity index (χ0n) is 11.5. The Balaban J connectivity index is 1.91. The second kappa shape index (κ2) is 6.93. The molecule has 1 aliphatic rings. The topological polar surface area (TPSA) is 32.5 Å². The average molecular weight is 360 g/mol. The van der Waals surface area contributed by atoms with Crippen molar-refractivity contribution in [1.29, 1.82) is 0 Å². The predicted molar refractivity (Wildman–Crippen MR) is 87.2 cm³/mol. The van der Waals surface area contributed by atoms with Crippen LogP contribution in [0.5, 0.6) is 0 Å². The lowest BCUT2D eigenvalue weighted by atomic mass is 10.1. The van der Waals surface area contributed by atoms with Crippen LogP contribution in [-0.4, -0.2) is 47.0 Å². The molecule has 0 bridgehead atoms. The van der Waals surface area contributed by atoms with Crippen LogP contribution in [0.25, 0.3) is 0 Å². The summed E-state index contributed by atoms with van der Waals surface area (Å²) in [6, 6.07) is 5.21. The fourth-order valence-corrected chi connectivity index (χ4v) is 2.95. The zero-order valence-corrected chi connectivity index (χ0v) is 13.9. The first-order chi connectivity index (χ1) is 9.47. The monoisotopic (exact) mass is 359 g/mol. The van der Waals surface area contributed by atoms with Gasteiger partial charge >= 0.3 is 0 Å². The van der Waals surface area contributed by atoms with Gasteiger partial charge in [-0.25, -0.2) is 4.39 Å². The van der Waals surface area contributed by atoms with Crippen LogP contribution in [0, 0.1) is 5.82 Å². The Hall–Kier alpha value is -0.560. The molecule has 1 atom stereocenters. The molecule has 1 saturated heterocycles. The van der Waals surface area contributed by atoms with Gasteiger partial charge in [-0.15, -0.1) is 0 Å². The minimum absolute atomic E-state index is 0.134. The molecule has 20 heavy (non-hydrogen) atoms. The summed E-state index contributed by atoms with van der Waals surface area (Å²) >= 11 is 8.42. The van der Waals surface area contributed by atoms with Crippen molar-refractivity contribution in [1.82, 2.24) is 9.80 Å². The van der Waals surface area contributed by atoms with E-state index in [4.69, 9.17) is 18.0 Å². The molecule has 0 saturated carbocycles. The van der Waals surface area contributed by atoms with Crippen molar-refractivity contribution in [3.05, 3.63) is 34.1 Å². The Morgan fingerprint density at radius 1 is 1.40 bits per heavy atom. The maximum absolute atomic E-state index is 13.7. The maximum Gasteiger partial charge on any atom is 0.127 e. The van der Waals surface area contributed by atoms with E-state index in [0.29, 0.717) is 11.5 Å². The Morgan fingerprint density at radius 2 is 2.05 bits per heavy atom. The first-order valence-electron chi connectivity index (χ1n) is 6.67. The van der Waals surface area contributed by atoms with Crippen molar-refractivity contribution in [2.24, 2.45) is 5.73 Å². The molecular formula is C14H19BrFN3S. The lowest BCUT2D eigenvalue weighted by Gasteiger charge is -2.37. The highest BCUT2D eigenvalue weighted by Crippen LogP contribution is 2.18. The molecule has 1 fully saturated rings. The molecule has 0 amide bonds. The largest absolute Gasteiger partial charge is 0.392 e. The highest BCUT2D eigenvalue weighted by Gasteiger charge is 2.22. The third-order valence-corrected chi connectivity index (χ3v) is 4.60. The lowest BCUT2D eigenvalue weighted by molar-refractivity contribution is 0.117. The summed E-state index contributed by atoms with van der Waals surface area (Å²) in [6.07, 6.45) is 0. The van der Waals surface area contributed by atoms with E-state index in [1.54, 1.807) is 6.07 Å². The van der Waals surface area contributed by atoms with E-state index in [1.165, 1.54) is 6.07 Å². The fraction of sp³-hybridized carbons (Fsp3) is 0.500. The number of benzene rings is 1. The maximum atomic E-state index is 13.7. The number of hydrogen-bond acceptors (Lipinski definition) is 3. The molecule has 1 heterocycles.